The quantitative estimate of drug-likeness (QED) is 0.144. The fourth-order valence-electron chi connectivity index (χ4n) is 10.5. The van der Waals surface area contributed by atoms with E-state index in [0.717, 1.165) is 89.2 Å². The molecule has 69 heavy (non-hydrogen) atoms. The van der Waals surface area contributed by atoms with Crippen molar-refractivity contribution >= 4 is 60.8 Å². The number of hydrogen-bond acceptors (Lipinski definition) is 2. The molecule has 0 amide bonds. The van der Waals surface area contributed by atoms with Gasteiger partial charge in [-0.2, -0.15) is 0 Å². The highest BCUT2D eigenvalue weighted by molar-refractivity contribution is 6.11. The lowest BCUT2D eigenvalue weighted by molar-refractivity contribution is 0.670. The van der Waals surface area contributed by atoms with Crippen LogP contribution < -0.4 is 4.90 Å². The Balaban J connectivity index is 1.00. The summed E-state index contributed by atoms with van der Waals surface area (Å²) in [5, 5.41) is 4.72. The first-order valence-electron chi connectivity index (χ1n) is 23.6. The van der Waals surface area contributed by atoms with Gasteiger partial charge in [0, 0.05) is 49.5 Å². The highest BCUT2D eigenvalue weighted by Crippen LogP contribution is 2.48. The molecule has 324 valence electrons. The Morgan fingerprint density at radius 3 is 1.55 bits per heavy atom. The Kier molecular flexibility index (Phi) is 9.84. The van der Waals surface area contributed by atoms with E-state index in [1.165, 1.54) is 32.9 Å². The third kappa shape index (κ3) is 6.91. The summed E-state index contributed by atoms with van der Waals surface area (Å²) >= 11 is 0. The number of nitrogens with zero attached hydrogens (tertiary/aromatic N) is 2. The predicted octanol–water partition coefficient (Wildman–Crippen LogP) is 18.5. The van der Waals surface area contributed by atoms with E-state index in [1.54, 1.807) is 0 Å². The van der Waals surface area contributed by atoms with Gasteiger partial charge in [-0.3, -0.25) is 0 Å². The van der Waals surface area contributed by atoms with Gasteiger partial charge in [-0.25, -0.2) is 0 Å². The SMILES string of the molecule is c1ccc(-c2cccc(-c3ccccc3N(c3ccc(-c4ccccc4-c4cccc5c4oc4ccccc45)cc3)c3ccccc3-c3ccccc3-n3c4ccccc4c4ccccc43)c2)cc1. The number of furan rings is 1. The number of benzene rings is 11. The van der Waals surface area contributed by atoms with Crippen LogP contribution in [0.2, 0.25) is 0 Å². The molecule has 0 saturated heterocycles. The van der Waals surface area contributed by atoms with Gasteiger partial charge in [0.1, 0.15) is 11.2 Å². The molecular weight excluding hydrogens is 837 g/mol. The molecule has 0 N–H and O–H groups in total. The van der Waals surface area contributed by atoms with Gasteiger partial charge in [-0.1, -0.05) is 212 Å². The minimum absolute atomic E-state index is 0.895. The number of fused-ring (bicyclic) bond motifs is 6. The second-order valence-corrected chi connectivity index (χ2v) is 17.6. The normalized spacial score (nSPS) is 11.5. The van der Waals surface area contributed by atoms with E-state index in [2.05, 4.69) is 270 Å². The predicted molar refractivity (Wildman–Crippen MR) is 290 cm³/mol. The maximum absolute atomic E-state index is 6.57. The molecule has 0 fully saturated rings. The zero-order valence-electron chi connectivity index (χ0n) is 37.7. The summed E-state index contributed by atoms with van der Waals surface area (Å²) in [7, 11) is 0. The van der Waals surface area contributed by atoms with E-state index in [4.69, 9.17) is 4.42 Å². The number of rotatable bonds is 9. The molecule has 0 saturated carbocycles. The van der Waals surface area contributed by atoms with Crippen LogP contribution in [0.1, 0.15) is 0 Å². The molecule has 3 heteroatoms. The van der Waals surface area contributed by atoms with Crippen molar-refractivity contribution in [3.63, 3.8) is 0 Å². The molecule has 13 aromatic rings. The second-order valence-electron chi connectivity index (χ2n) is 17.6. The topological polar surface area (TPSA) is 21.3 Å². The van der Waals surface area contributed by atoms with Crippen LogP contribution >= 0.6 is 0 Å². The Morgan fingerprint density at radius 2 is 0.797 bits per heavy atom. The molecule has 2 heterocycles. The monoisotopic (exact) mass is 880 g/mol. The maximum Gasteiger partial charge on any atom is 0.143 e. The zero-order chi connectivity index (χ0) is 45.7. The van der Waals surface area contributed by atoms with Crippen LogP contribution in [0.5, 0.6) is 0 Å². The first-order valence-corrected chi connectivity index (χ1v) is 23.6. The number of para-hydroxylation sites is 7. The van der Waals surface area contributed by atoms with Gasteiger partial charge in [-0.15, -0.1) is 0 Å². The Morgan fingerprint density at radius 1 is 0.290 bits per heavy atom. The van der Waals surface area contributed by atoms with Crippen LogP contribution in [0.15, 0.2) is 271 Å². The zero-order valence-corrected chi connectivity index (χ0v) is 37.7. The maximum atomic E-state index is 6.57. The van der Waals surface area contributed by atoms with Crippen molar-refractivity contribution < 1.29 is 4.42 Å². The summed E-state index contributed by atoms with van der Waals surface area (Å²) in [5.74, 6) is 0. The summed E-state index contributed by atoms with van der Waals surface area (Å²) in [4.78, 5) is 2.45. The summed E-state index contributed by atoms with van der Waals surface area (Å²) in [6, 6.07) is 96.2. The molecule has 0 aliphatic carbocycles. The summed E-state index contributed by atoms with van der Waals surface area (Å²) in [5.41, 5.74) is 19.8. The first kappa shape index (κ1) is 40.1. The standard InChI is InChI=1S/C66H44N2O/c1-2-20-45(21-3-1)47-22-18-23-48(44-47)51-25-6-12-34-60(51)67(49-42-40-46(41-43-49)50-24-4-5-26-52(50)58-32-19-33-59-57-31-11-17-39-65(57)69-66(58)59)61-35-13-7-27-53(61)54-28-8-14-36-62(54)68-63-37-15-9-29-55(63)56-30-10-16-38-64(56)68/h1-44H. The molecule has 2 aromatic heterocycles. The van der Waals surface area contributed by atoms with Crippen LogP contribution in [0.3, 0.4) is 0 Å². The lowest BCUT2D eigenvalue weighted by Gasteiger charge is -2.30. The van der Waals surface area contributed by atoms with Crippen molar-refractivity contribution in [1.82, 2.24) is 4.57 Å². The highest BCUT2D eigenvalue weighted by atomic mass is 16.3. The van der Waals surface area contributed by atoms with Crippen molar-refractivity contribution in [1.29, 1.82) is 0 Å². The van der Waals surface area contributed by atoms with Gasteiger partial charge in [-0.05, 0) is 88.0 Å². The van der Waals surface area contributed by atoms with Crippen molar-refractivity contribution in [2.24, 2.45) is 0 Å². The van der Waals surface area contributed by atoms with Crippen LogP contribution in [-0.2, 0) is 0 Å². The van der Waals surface area contributed by atoms with Crippen molar-refractivity contribution in [3.8, 4) is 61.3 Å². The van der Waals surface area contributed by atoms with Gasteiger partial charge in [0.2, 0.25) is 0 Å². The van der Waals surface area contributed by atoms with Crippen LogP contribution in [0, 0.1) is 0 Å². The van der Waals surface area contributed by atoms with Gasteiger partial charge >= 0.3 is 0 Å². The second kappa shape index (κ2) is 16.9. The van der Waals surface area contributed by atoms with E-state index in [0.29, 0.717) is 0 Å². The summed E-state index contributed by atoms with van der Waals surface area (Å²) in [6.07, 6.45) is 0. The molecule has 0 bridgehead atoms. The molecule has 0 radical (unpaired) electrons. The van der Waals surface area contributed by atoms with E-state index in [1.807, 2.05) is 6.07 Å². The minimum atomic E-state index is 0.895. The number of hydrogen-bond donors (Lipinski definition) is 0. The summed E-state index contributed by atoms with van der Waals surface area (Å²) < 4.78 is 9.00. The molecule has 3 nitrogen and oxygen atoms in total. The van der Waals surface area contributed by atoms with E-state index in [-0.39, 0.29) is 0 Å². The number of aromatic nitrogens is 1. The summed E-state index contributed by atoms with van der Waals surface area (Å²) in [6.45, 7) is 0. The van der Waals surface area contributed by atoms with Crippen molar-refractivity contribution in [2.45, 2.75) is 0 Å². The van der Waals surface area contributed by atoms with Crippen LogP contribution in [0.4, 0.5) is 17.1 Å². The third-order valence-corrected chi connectivity index (χ3v) is 13.6. The molecule has 13 rings (SSSR count). The Hall–Kier alpha value is -9.18. The molecule has 0 unspecified atom stereocenters. The van der Waals surface area contributed by atoms with Crippen LogP contribution in [0.25, 0.3) is 105 Å². The van der Waals surface area contributed by atoms with Gasteiger partial charge in [0.15, 0.2) is 0 Å². The van der Waals surface area contributed by atoms with Crippen molar-refractivity contribution in [2.75, 3.05) is 4.90 Å². The van der Waals surface area contributed by atoms with E-state index < -0.39 is 0 Å². The average molecular weight is 881 g/mol. The van der Waals surface area contributed by atoms with Crippen LogP contribution in [-0.4, -0.2) is 4.57 Å². The minimum Gasteiger partial charge on any atom is -0.455 e. The molecule has 0 aliphatic rings. The highest BCUT2D eigenvalue weighted by Gasteiger charge is 2.24. The first-order chi connectivity index (χ1) is 34.3. The molecule has 11 aromatic carbocycles. The fraction of sp³-hybridized carbons (Fsp3) is 0. The van der Waals surface area contributed by atoms with Gasteiger partial charge < -0.3 is 13.9 Å². The molecule has 0 atom stereocenters. The number of anilines is 3. The third-order valence-electron chi connectivity index (χ3n) is 13.6. The molecular formula is C66H44N2O. The van der Waals surface area contributed by atoms with Crippen molar-refractivity contribution in [3.05, 3.63) is 267 Å². The average Bonchev–Trinajstić information content (AvgIpc) is 3.98. The largest absolute Gasteiger partial charge is 0.455 e. The molecule has 0 aliphatic heterocycles. The lowest BCUT2D eigenvalue weighted by atomic mass is 9.93. The fourth-order valence-corrected chi connectivity index (χ4v) is 10.5. The Labute approximate surface area is 401 Å². The molecule has 0 spiro atoms. The van der Waals surface area contributed by atoms with Gasteiger partial charge in [0.25, 0.3) is 0 Å². The smallest absolute Gasteiger partial charge is 0.143 e. The van der Waals surface area contributed by atoms with E-state index >= 15 is 0 Å². The lowest BCUT2D eigenvalue weighted by Crippen LogP contribution is -2.13. The van der Waals surface area contributed by atoms with Gasteiger partial charge in [0.05, 0.1) is 28.1 Å². The Bertz CT molecular complexity index is 3970. The van der Waals surface area contributed by atoms with E-state index in [9.17, 15) is 0 Å².